The summed E-state index contributed by atoms with van der Waals surface area (Å²) in [5, 5.41) is 14.4. The maximum Gasteiger partial charge on any atom is 0.192 e. The molecule has 0 spiro atoms. The molecule has 2 saturated heterocycles. The SMILES string of the molecule is CC(C)(C)[Si](C)(C)O[C@@H]1[C@@H](O)[C@H](N=[N+]=[N-])O[C@@H]2COC(c3ccccc3)O[C@H]12. The molecular weight excluding hydrogens is 378 g/mol. The van der Waals surface area contributed by atoms with Gasteiger partial charge < -0.3 is 23.7 Å². The molecule has 0 saturated carbocycles. The van der Waals surface area contributed by atoms with Crippen LogP contribution in [0.5, 0.6) is 0 Å². The number of aliphatic hydroxyl groups is 1. The van der Waals surface area contributed by atoms with Gasteiger partial charge in [-0.2, -0.15) is 0 Å². The molecule has 2 aliphatic rings. The van der Waals surface area contributed by atoms with Crippen molar-refractivity contribution in [3.05, 3.63) is 46.3 Å². The van der Waals surface area contributed by atoms with Crippen LogP contribution < -0.4 is 0 Å². The molecular formula is C19H29N3O5Si. The third-order valence-corrected chi connectivity index (χ3v) is 10.3. The minimum atomic E-state index is -2.24. The minimum absolute atomic E-state index is 0.0570. The van der Waals surface area contributed by atoms with E-state index in [1.165, 1.54) is 0 Å². The molecule has 1 aromatic rings. The first kappa shape index (κ1) is 21.3. The first-order valence-electron chi connectivity index (χ1n) is 9.51. The molecule has 0 radical (unpaired) electrons. The van der Waals surface area contributed by atoms with E-state index in [4.69, 9.17) is 24.2 Å². The average Bonchev–Trinajstić information content (AvgIpc) is 2.65. The molecule has 0 amide bonds. The van der Waals surface area contributed by atoms with Crippen LogP contribution in [0.15, 0.2) is 35.4 Å². The van der Waals surface area contributed by atoms with Crippen molar-refractivity contribution >= 4 is 8.32 Å². The molecule has 0 aromatic heterocycles. The van der Waals surface area contributed by atoms with Crippen molar-refractivity contribution in [3.8, 4) is 0 Å². The fraction of sp³-hybridized carbons (Fsp3) is 0.684. The Balaban J connectivity index is 1.88. The van der Waals surface area contributed by atoms with Crippen molar-refractivity contribution in [2.45, 2.75) is 75.8 Å². The van der Waals surface area contributed by atoms with Crippen molar-refractivity contribution in [1.29, 1.82) is 0 Å². The van der Waals surface area contributed by atoms with Crippen molar-refractivity contribution in [3.63, 3.8) is 0 Å². The Morgan fingerprint density at radius 3 is 2.50 bits per heavy atom. The van der Waals surface area contributed by atoms with Gasteiger partial charge in [-0.25, -0.2) is 0 Å². The monoisotopic (exact) mass is 407 g/mol. The van der Waals surface area contributed by atoms with Crippen LogP contribution in [0.2, 0.25) is 18.1 Å². The van der Waals surface area contributed by atoms with Crippen molar-refractivity contribution in [1.82, 2.24) is 0 Å². The van der Waals surface area contributed by atoms with E-state index in [2.05, 4.69) is 43.9 Å². The summed E-state index contributed by atoms with van der Waals surface area (Å²) in [6, 6.07) is 9.62. The Morgan fingerprint density at radius 2 is 1.89 bits per heavy atom. The Bertz CT molecular complexity index is 720. The molecule has 1 N–H and O–H groups in total. The topological polar surface area (TPSA) is 106 Å². The zero-order valence-corrected chi connectivity index (χ0v) is 18.0. The lowest BCUT2D eigenvalue weighted by molar-refractivity contribution is -0.325. The number of azide groups is 1. The maximum atomic E-state index is 10.9. The van der Waals surface area contributed by atoms with Gasteiger partial charge in [-0.15, -0.1) is 0 Å². The predicted octanol–water partition coefficient (Wildman–Crippen LogP) is 3.89. The smallest absolute Gasteiger partial charge is 0.192 e. The summed E-state index contributed by atoms with van der Waals surface area (Å²) in [5.74, 6) is 0. The molecule has 3 rings (SSSR count). The molecule has 0 bridgehead atoms. The molecule has 2 fully saturated rings. The highest BCUT2D eigenvalue weighted by atomic mass is 28.4. The average molecular weight is 408 g/mol. The first-order valence-corrected chi connectivity index (χ1v) is 12.4. The summed E-state index contributed by atoms with van der Waals surface area (Å²) in [7, 11) is -2.24. The Kier molecular flexibility index (Phi) is 6.16. The van der Waals surface area contributed by atoms with Gasteiger partial charge in [-0.1, -0.05) is 56.2 Å². The van der Waals surface area contributed by atoms with Crippen LogP contribution in [0.25, 0.3) is 10.4 Å². The van der Waals surface area contributed by atoms with Crippen LogP contribution >= 0.6 is 0 Å². The lowest BCUT2D eigenvalue weighted by atomic mass is 9.97. The van der Waals surface area contributed by atoms with Crippen molar-refractivity contribution in [2.24, 2.45) is 5.11 Å². The van der Waals surface area contributed by atoms with Crippen LogP contribution in [-0.4, -0.2) is 50.7 Å². The molecule has 8 nitrogen and oxygen atoms in total. The van der Waals surface area contributed by atoms with Crippen LogP contribution in [-0.2, 0) is 18.6 Å². The van der Waals surface area contributed by atoms with Gasteiger partial charge in [0.05, 0.1) is 6.61 Å². The van der Waals surface area contributed by atoms with E-state index >= 15 is 0 Å². The maximum absolute atomic E-state index is 10.9. The van der Waals surface area contributed by atoms with Gasteiger partial charge in [0.1, 0.15) is 24.4 Å². The van der Waals surface area contributed by atoms with E-state index in [-0.39, 0.29) is 11.6 Å². The number of nitrogens with zero attached hydrogens (tertiary/aromatic N) is 3. The third kappa shape index (κ3) is 4.26. The lowest BCUT2D eigenvalue weighted by Gasteiger charge is -2.50. The summed E-state index contributed by atoms with van der Waals surface area (Å²) in [4.78, 5) is 2.80. The quantitative estimate of drug-likeness (QED) is 0.353. The predicted molar refractivity (Wildman–Crippen MR) is 106 cm³/mol. The van der Waals surface area contributed by atoms with Crippen LogP contribution in [0.4, 0.5) is 0 Å². The highest BCUT2D eigenvalue weighted by molar-refractivity contribution is 6.74. The highest BCUT2D eigenvalue weighted by Crippen LogP contribution is 2.42. The normalized spacial score (nSPS) is 33.6. The summed E-state index contributed by atoms with van der Waals surface area (Å²) >= 11 is 0. The molecule has 28 heavy (non-hydrogen) atoms. The van der Waals surface area contributed by atoms with Gasteiger partial charge in [0.2, 0.25) is 0 Å². The van der Waals surface area contributed by atoms with Crippen LogP contribution in [0.3, 0.4) is 0 Å². The van der Waals surface area contributed by atoms with E-state index in [0.29, 0.717) is 0 Å². The second-order valence-corrected chi connectivity index (χ2v) is 13.5. The molecule has 2 aliphatic heterocycles. The lowest BCUT2D eigenvalue weighted by Crippen LogP contribution is -2.64. The van der Waals surface area contributed by atoms with Crippen LogP contribution in [0.1, 0.15) is 32.6 Å². The minimum Gasteiger partial charge on any atom is -0.408 e. The van der Waals surface area contributed by atoms with E-state index in [9.17, 15) is 5.11 Å². The van der Waals surface area contributed by atoms with Gasteiger partial charge >= 0.3 is 0 Å². The van der Waals surface area contributed by atoms with E-state index in [1.54, 1.807) is 0 Å². The molecule has 1 aromatic carbocycles. The molecule has 1 unspecified atom stereocenters. The fourth-order valence-electron chi connectivity index (χ4n) is 3.15. The second-order valence-electron chi connectivity index (χ2n) is 8.78. The summed E-state index contributed by atoms with van der Waals surface area (Å²) < 4.78 is 24.3. The van der Waals surface area contributed by atoms with Gasteiger partial charge in [0.25, 0.3) is 0 Å². The number of hydrogen-bond donors (Lipinski definition) is 1. The molecule has 9 heteroatoms. The van der Waals surface area contributed by atoms with Gasteiger partial charge in [-0.3, -0.25) is 0 Å². The molecule has 2 heterocycles. The Hall–Kier alpha value is -1.45. The van der Waals surface area contributed by atoms with Crippen molar-refractivity contribution in [2.75, 3.05) is 6.61 Å². The standard InChI is InChI=1S/C19H29N3O5Si/c1-19(2,3)28(4,5)27-16-14(23)17(21-22-20)25-13-11-24-18(26-15(13)16)12-9-7-6-8-10-12/h6-10,13-18,23H,11H2,1-5H3/t13-,14-,15+,16-,17-,18?/m1/s1. The molecule has 154 valence electrons. The van der Waals surface area contributed by atoms with Gasteiger partial charge in [0, 0.05) is 10.5 Å². The summed E-state index contributed by atoms with van der Waals surface area (Å²) in [6.45, 7) is 10.9. The van der Waals surface area contributed by atoms with Crippen molar-refractivity contribution < 1.29 is 23.7 Å². The number of benzene rings is 1. The largest absolute Gasteiger partial charge is 0.408 e. The van der Waals surface area contributed by atoms with Gasteiger partial charge in [-0.05, 0) is 23.7 Å². The van der Waals surface area contributed by atoms with E-state index in [0.717, 1.165) is 5.56 Å². The summed E-state index contributed by atoms with van der Waals surface area (Å²) in [6.07, 6.45) is -4.44. The van der Waals surface area contributed by atoms with Crippen LogP contribution in [0, 0.1) is 0 Å². The number of hydrogen-bond acceptors (Lipinski definition) is 6. The zero-order chi connectivity index (χ0) is 20.5. The second kappa shape index (κ2) is 8.12. The molecule has 0 aliphatic carbocycles. The highest BCUT2D eigenvalue weighted by Gasteiger charge is 2.53. The summed E-state index contributed by atoms with van der Waals surface area (Å²) in [5.41, 5.74) is 9.73. The molecule has 6 atom stereocenters. The van der Waals surface area contributed by atoms with Gasteiger partial charge in [0.15, 0.2) is 20.8 Å². The number of rotatable bonds is 4. The zero-order valence-electron chi connectivity index (χ0n) is 17.0. The number of ether oxygens (including phenoxy) is 3. The first-order chi connectivity index (χ1) is 13.1. The van der Waals surface area contributed by atoms with E-state index < -0.39 is 45.3 Å². The van der Waals surface area contributed by atoms with E-state index in [1.807, 2.05) is 30.3 Å². The Morgan fingerprint density at radius 1 is 1.21 bits per heavy atom. The number of fused-ring (bicyclic) bond motifs is 1. The fourth-order valence-corrected chi connectivity index (χ4v) is 4.46. The Labute approximate surface area is 166 Å². The third-order valence-electron chi connectivity index (χ3n) is 5.80. The number of aliphatic hydroxyl groups excluding tert-OH is 1.